The fourth-order valence-electron chi connectivity index (χ4n) is 7.35. The highest BCUT2D eigenvalue weighted by atomic mass is 32.1. The van der Waals surface area contributed by atoms with Crippen LogP contribution in [0.4, 0.5) is 0 Å². The first kappa shape index (κ1) is 30.3. The van der Waals surface area contributed by atoms with Crippen LogP contribution in [0, 0.1) is 10.8 Å². The average molecular weight is 645 g/mol. The molecule has 1 saturated carbocycles. The van der Waals surface area contributed by atoms with E-state index >= 15 is 0 Å². The minimum atomic E-state index is -0.211. The molecule has 1 fully saturated rings. The molecule has 2 atom stereocenters. The number of para-hydroxylation sites is 2. The number of nitrogens with one attached hydrogen (secondary N) is 2. The third-order valence-electron chi connectivity index (χ3n) is 8.92. The van der Waals surface area contributed by atoms with E-state index in [1.54, 1.807) is 22.7 Å². The molecule has 2 amide bonds. The standard InChI is InChI=1S/C38H36N4O2S2/c1-37(2)20-24(40-36(44)28-19-32(34-15-9-17-46-34)42-30-13-7-5-11-26(28)30)21-38(3,22-37)23-39-35(43)27-18-31(33-14-8-16-45-33)41-29-12-6-4-10-25(27)29/h4-19,24H,20-23H2,1-3H3,(H,39,43)(H,40,44)/t24-,38-/m0/s1. The van der Waals surface area contributed by atoms with Crippen LogP contribution in [0.3, 0.4) is 0 Å². The Kier molecular flexibility index (Phi) is 7.95. The monoisotopic (exact) mass is 644 g/mol. The molecule has 0 aliphatic heterocycles. The maximum absolute atomic E-state index is 14.0. The van der Waals surface area contributed by atoms with Crippen molar-refractivity contribution < 1.29 is 9.59 Å². The summed E-state index contributed by atoms with van der Waals surface area (Å²) < 4.78 is 0. The number of nitrogens with zero attached hydrogens (tertiary/aromatic N) is 2. The Morgan fingerprint density at radius 1 is 0.739 bits per heavy atom. The Bertz CT molecular complexity index is 2050. The number of amides is 2. The second-order valence-corrected chi connectivity index (χ2v) is 15.4. The molecule has 0 spiro atoms. The zero-order valence-corrected chi connectivity index (χ0v) is 27.8. The van der Waals surface area contributed by atoms with Gasteiger partial charge < -0.3 is 10.6 Å². The van der Waals surface area contributed by atoms with Gasteiger partial charge in [-0.25, -0.2) is 9.97 Å². The summed E-state index contributed by atoms with van der Waals surface area (Å²) >= 11 is 3.23. The van der Waals surface area contributed by atoms with Crippen molar-refractivity contribution in [3.8, 4) is 21.1 Å². The summed E-state index contributed by atoms with van der Waals surface area (Å²) in [6, 6.07) is 27.5. The van der Waals surface area contributed by atoms with Gasteiger partial charge in [-0.1, -0.05) is 69.3 Å². The van der Waals surface area contributed by atoms with Crippen LogP contribution >= 0.6 is 22.7 Å². The van der Waals surface area contributed by atoms with Crippen LogP contribution in [0.5, 0.6) is 0 Å². The molecule has 0 radical (unpaired) electrons. The van der Waals surface area contributed by atoms with Gasteiger partial charge in [-0.05, 0) is 77.3 Å². The number of pyridine rings is 2. The van der Waals surface area contributed by atoms with E-state index in [0.717, 1.165) is 62.2 Å². The molecular weight excluding hydrogens is 609 g/mol. The van der Waals surface area contributed by atoms with Crippen molar-refractivity contribution in [1.29, 1.82) is 0 Å². The molecule has 4 heterocycles. The maximum atomic E-state index is 14.0. The molecule has 0 saturated heterocycles. The van der Waals surface area contributed by atoms with E-state index in [1.807, 2.05) is 95.7 Å². The van der Waals surface area contributed by atoms with Crippen LogP contribution in [0.2, 0.25) is 0 Å². The van der Waals surface area contributed by atoms with Gasteiger partial charge in [0.05, 0.1) is 43.3 Å². The molecule has 7 rings (SSSR count). The molecule has 8 heteroatoms. The topological polar surface area (TPSA) is 84.0 Å². The van der Waals surface area contributed by atoms with Crippen LogP contribution in [0.25, 0.3) is 42.9 Å². The highest BCUT2D eigenvalue weighted by Crippen LogP contribution is 2.46. The van der Waals surface area contributed by atoms with Crippen LogP contribution in [0.1, 0.15) is 60.7 Å². The first-order valence-electron chi connectivity index (χ1n) is 15.6. The highest BCUT2D eigenvalue weighted by molar-refractivity contribution is 7.13. The number of rotatable bonds is 7. The number of benzene rings is 2. The zero-order valence-electron chi connectivity index (χ0n) is 26.2. The number of hydrogen-bond acceptors (Lipinski definition) is 6. The molecule has 46 heavy (non-hydrogen) atoms. The zero-order chi connectivity index (χ0) is 31.9. The van der Waals surface area contributed by atoms with Crippen molar-refractivity contribution in [3.05, 3.63) is 107 Å². The molecule has 2 N–H and O–H groups in total. The molecule has 6 nitrogen and oxygen atoms in total. The lowest BCUT2D eigenvalue weighted by molar-refractivity contribution is 0.0593. The number of hydrogen-bond donors (Lipinski definition) is 2. The van der Waals surface area contributed by atoms with Crippen molar-refractivity contribution in [2.45, 2.75) is 46.1 Å². The van der Waals surface area contributed by atoms with E-state index in [0.29, 0.717) is 17.7 Å². The molecule has 0 unspecified atom stereocenters. The van der Waals surface area contributed by atoms with Gasteiger partial charge in [0.25, 0.3) is 11.8 Å². The van der Waals surface area contributed by atoms with Crippen molar-refractivity contribution >= 4 is 56.3 Å². The third kappa shape index (κ3) is 6.19. The summed E-state index contributed by atoms with van der Waals surface area (Å²) in [5.41, 5.74) is 4.25. The SMILES string of the molecule is CC1(C)C[C@H](NC(=O)c2cc(-c3cccs3)nc3ccccc23)C[C@](C)(CNC(=O)c2cc(-c3cccs3)nc3ccccc23)C1. The second-order valence-electron chi connectivity index (χ2n) is 13.5. The normalized spacial score (nSPS) is 19.2. The number of carbonyl (C=O) groups excluding carboxylic acids is 2. The van der Waals surface area contributed by atoms with Crippen molar-refractivity contribution in [2.75, 3.05) is 6.54 Å². The number of thiophene rings is 2. The van der Waals surface area contributed by atoms with E-state index in [-0.39, 0.29) is 28.7 Å². The van der Waals surface area contributed by atoms with Gasteiger partial charge in [0, 0.05) is 23.4 Å². The van der Waals surface area contributed by atoms with E-state index in [1.165, 1.54) is 0 Å². The fourth-order valence-corrected chi connectivity index (χ4v) is 8.72. The predicted octanol–water partition coefficient (Wildman–Crippen LogP) is 8.98. The fraction of sp³-hybridized carbons (Fsp3) is 0.263. The number of aromatic nitrogens is 2. The molecule has 4 aromatic heterocycles. The van der Waals surface area contributed by atoms with E-state index in [2.05, 4.69) is 31.4 Å². The van der Waals surface area contributed by atoms with Crippen LogP contribution < -0.4 is 10.6 Å². The van der Waals surface area contributed by atoms with Crippen LogP contribution in [0.15, 0.2) is 95.7 Å². The van der Waals surface area contributed by atoms with E-state index in [9.17, 15) is 9.59 Å². The van der Waals surface area contributed by atoms with Crippen molar-refractivity contribution in [3.63, 3.8) is 0 Å². The van der Waals surface area contributed by atoms with Gasteiger partial charge in [-0.3, -0.25) is 9.59 Å². The first-order valence-corrected chi connectivity index (χ1v) is 17.4. The summed E-state index contributed by atoms with van der Waals surface area (Å²) in [6.45, 7) is 7.25. The molecule has 232 valence electrons. The third-order valence-corrected chi connectivity index (χ3v) is 10.7. The lowest BCUT2D eigenvalue weighted by Crippen LogP contribution is -2.50. The van der Waals surface area contributed by atoms with Gasteiger partial charge >= 0.3 is 0 Å². The Morgan fingerprint density at radius 2 is 1.28 bits per heavy atom. The van der Waals surface area contributed by atoms with Gasteiger partial charge in [-0.15, -0.1) is 22.7 Å². The summed E-state index contributed by atoms with van der Waals surface area (Å²) in [4.78, 5) is 39.5. The lowest BCUT2D eigenvalue weighted by Gasteiger charge is -2.47. The van der Waals surface area contributed by atoms with Gasteiger partial charge in [0.15, 0.2) is 0 Å². The van der Waals surface area contributed by atoms with Crippen molar-refractivity contribution in [1.82, 2.24) is 20.6 Å². The minimum Gasteiger partial charge on any atom is -0.351 e. The largest absolute Gasteiger partial charge is 0.351 e. The predicted molar refractivity (Wildman–Crippen MR) is 189 cm³/mol. The molecule has 6 aromatic rings. The molecule has 2 aromatic carbocycles. The number of carbonyl (C=O) groups is 2. The second kappa shape index (κ2) is 12.1. The first-order chi connectivity index (χ1) is 22.2. The molecule has 1 aliphatic rings. The van der Waals surface area contributed by atoms with Crippen molar-refractivity contribution in [2.24, 2.45) is 10.8 Å². The minimum absolute atomic E-state index is 0.0200. The van der Waals surface area contributed by atoms with Gasteiger partial charge in [0.1, 0.15) is 0 Å². The maximum Gasteiger partial charge on any atom is 0.252 e. The average Bonchev–Trinajstić information content (AvgIpc) is 3.77. The Morgan fingerprint density at radius 3 is 1.83 bits per heavy atom. The summed E-state index contributed by atoms with van der Waals surface area (Å²) in [7, 11) is 0. The lowest BCUT2D eigenvalue weighted by atomic mass is 9.62. The van der Waals surface area contributed by atoms with Gasteiger partial charge in [-0.2, -0.15) is 0 Å². The number of fused-ring (bicyclic) bond motifs is 2. The summed E-state index contributed by atoms with van der Waals surface area (Å²) in [5, 5.41) is 12.4. The Labute approximate surface area is 276 Å². The summed E-state index contributed by atoms with van der Waals surface area (Å²) in [5.74, 6) is -0.194. The smallest absolute Gasteiger partial charge is 0.252 e. The quantitative estimate of drug-likeness (QED) is 0.182. The molecule has 1 aliphatic carbocycles. The Hall–Kier alpha value is -4.40. The molecule has 0 bridgehead atoms. The van der Waals surface area contributed by atoms with E-state index < -0.39 is 0 Å². The van der Waals surface area contributed by atoms with Gasteiger partial charge in [0.2, 0.25) is 0 Å². The summed E-state index contributed by atoms with van der Waals surface area (Å²) in [6.07, 6.45) is 2.56. The van der Waals surface area contributed by atoms with Crippen LogP contribution in [-0.2, 0) is 0 Å². The highest BCUT2D eigenvalue weighted by Gasteiger charge is 2.42. The van der Waals surface area contributed by atoms with Crippen LogP contribution in [-0.4, -0.2) is 34.4 Å². The Balaban J connectivity index is 1.12. The molecular formula is C38H36N4O2S2. The van der Waals surface area contributed by atoms with E-state index in [4.69, 9.17) is 9.97 Å².